The van der Waals surface area contributed by atoms with Gasteiger partial charge in [0.1, 0.15) is 0 Å². The molecule has 0 spiro atoms. The molecule has 0 bridgehead atoms. The number of aliphatic imine (C=N–C) groups is 1. The number of nitrogens with two attached hydrogens (primary N) is 1. The number of benzene rings is 2. The Labute approximate surface area is 159 Å². The van der Waals surface area contributed by atoms with Gasteiger partial charge in [0.15, 0.2) is 5.96 Å². The Balaban J connectivity index is 0.000000597. The lowest BCUT2D eigenvalue weighted by atomic mass is 10.1. The highest BCUT2D eigenvalue weighted by atomic mass is 35.5. The molecule has 0 aliphatic carbocycles. The van der Waals surface area contributed by atoms with Crippen molar-refractivity contribution in [3.05, 3.63) is 58.6 Å². The fourth-order valence-electron chi connectivity index (χ4n) is 2.04. The monoisotopic (exact) mass is 397 g/mol. The van der Waals surface area contributed by atoms with E-state index in [-0.39, 0.29) is 0 Å². The Morgan fingerprint density at radius 1 is 1.15 bits per heavy atom. The maximum atomic E-state index is 9.19. The maximum Gasteiger partial charge on any atom is 0.261 e. The van der Waals surface area contributed by atoms with Gasteiger partial charge in [-0.2, -0.15) is 8.42 Å². The molecule has 0 amide bonds. The van der Waals surface area contributed by atoms with Crippen LogP contribution in [0.2, 0.25) is 5.02 Å². The van der Waals surface area contributed by atoms with Gasteiger partial charge in [0, 0.05) is 5.69 Å². The zero-order chi connectivity index (χ0) is 19.7. The number of nitrogens with zero attached hydrogens (tertiary/aromatic N) is 1. The van der Waals surface area contributed by atoms with Crippen LogP contribution in [0.3, 0.4) is 0 Å². The molecule has 0 fully saturated rings. The number of hydrogen-bond acceptors (Lipinski definition) is 3. The Morgan fingerprint density at radius 2 is 1.73 bits per heavy atom. The number of guanidine groups is 1. The SMILES string of the molecule is CCc1cccc(NC(N)=Nc2cc(CC)ccc2Cl)c1.CS(=O)(=O)O. The first kappa shape index (κ1) is 22.0. The van der Waals surface area contributed by atoms with Crippen LogP contribution in [0.1, 0.15) is 25.0 Å². The lowest BCUT2D eigenvalue weighted by Gasteiger charge is -2.08. The number of rotatable bonds is 4. The summed E-state index contributed by atoms with van der Waals surface area (Å²) >= 11 is 6.16. The van der Waals surface area contributed by atoms with Crippen molar-refractivity contribution in [1.82, 2.24) is 0 Å². The van der Waals surface area contributed by atoms with Crippen molar-refractivity contribution in [3.8, 4) is 0 Å². The minimum Gasteiger partial charge on any atom is -0.369 e. The molecule has 0 saturated heterocycles. The topological polar surface area (TPSA) is 105 Å². The van der Waals surface area contributed by atoms with Crippen molar-refractivity contribution < 1.29 is 13.0 Å². The van der Waals surface area contributed by atoms with E-state index in [0.717, 1.165) is 18.5 Å². The van der Waals surface area contributed by atoms with E-state index in [1.807, 2.05) is 30.3 Å². The lowest BCUT2D eigenvalue weighted by molar-refractivity contribution is 0.490. The van der Waals surface area contributed by atoms with Gasteiger partial charge >= 0.3 is 0 Å². The van der Waals surface area contributed by atoms with Crippen LogP contribution in [0.5, 0.6) is 0 Å². The van der Waals surface area contributed by atoms with Gasteiger partial charge < -0.3 is 11.1 Å². The van der Waals surface area contributed by atoms with Gasteiger partial charge in [0.25, 0.3) is 10.1 Å². The lowest BCUT2D eigenvalue weighted by Crippen LogP contribution is -2.22. The second-order valence-electron chi connectivity index (χ2n) is 5.55. The van der Waals surface area contributed by atoms with Crippen LogP contribution in [-0.4, -0.2) is 25.2 Å². The highest BCUT2D eigenvalue weighted by Gasteiger charge is 2.02. The van der Waals surface area contributed by atoms with Crippen molar-refractivity contribution in [2.75, 3.05) is 11.6 Å². The largest absolute Gasteiger partial charge is 0.369 e. The van der Waals surface area contributed by atoms with Crippen LogP contribution in [0, 0.1) is 0 Å². The Bertz CT molecular complexity index is 860. The molecule has 0 atom stereocenters. The number of halogens is 1. The van der Waals surface area contributed by atoms with Crippen molar-refractivity contribution in [2.24, 2.45) is 10.7 Å². The van der Waals surface area contributed by atoms with Crippen LogP contribution in [-0.2, 0) is 23.0 Å². The number of aryl methyl sites for hydroxylation is 2. The number of anilines is 1. The number of hydrogen-bond donors (Lipinski definition) is 3. The van der Waals surface area contributed by atoms with E-state index in [0.29, 0.717) is 22.9 Å². The van der Waals surface area contributed by atoms with Gasteiger partial charge in [-0.1, -0.05) is 43.6 Å². The van der Waals surface area contributed by atoms with Gasteiger partial charge in [-0.25, -0.2) is 4.99 Å². The molecule has 142 valence electrons. The normalized spacial score (nSPS) is 11.5. The van der Waals surface area contributed by atoms with E-state index in [9.17, 15) is 8.42 Å². The zero-order valence-electron chi connectivity index (χ0n) is 15.0. The van der Waals surface area contributed by atoms with Gasteiger partial charge in [-0.15, -0.1) is 0 Å². The molecule has 4 N–H and O–H groups in total. The summed E-state index contributed by atoms with van der Waals surface area (Å²) in [5.74, 6) is 0.332. The molecular weight excluding hydrogens is 374 g/mol. The van der Waals surface area contributed by atoms with Crippen LogP contribution >= 0.6 is 11.6 Å². The minimum atomic E-state index is -3.67. The highest BCUT2D eigenvalue weighted by Crippen LogP contribution is 2.26. The molecular formula is C18H24ClN3O3S. The molecule has 2 aromatic rings. The van der Waals surface area contributed by atoms with Crippen LogP contribution in [0.4, 0.5) is 11.4 Å². The molecule has 0 aliphatic heterocycles. The third-order valence-corrected chi connectivity index (χ3v) is 3.59. The van der Waals surface area contributed by atoms with E-state index < -0.39 is 10.1 Å². The molecule has 8 heteroatoms. The summed E-state index contributed by atoms with van der Waals surface area (Å²) in [6, 6.07) is 13.9. The second-order valence-corrected chi connectivity index (χ2v) is 7.42. The molecule has 0 heterocycles. The molecule has 0 aliphatic rings. The Hall–Kier alpha value is -2.09. The summed E-state index contributed by atoms with van der Waals surface area (Å²) in [4.78, 5) is 4.37. The summed E-state index contributed by atoms with van der Waals surface area (Å²) in [6.45, 7) is 4.21. The van der Waals surface area contributed by atoms with Gasteiger partial charge in [-0.05, 0) is 48.2 Å². The van der Waals surface area contributed by atoms with Crippen LogP contribution in [0.25, 0.3) is 0 Å². The Morgan fingerprint density at radius 3 is 2.31 bits per heavy atom. The first-order valence-corrected chi connectivity index (χ1v) is 10.3. The first-order chi connectivity index (χ1) is 12.1. The molecule has 0 unspecified atom stereocenters. The first-order valence-electron chi connectivity index (χ1n) is 8.03. The van der Waals surface area contributed by atoms with Crippen molar-refractivity contribution in [2.45, 2.75) is 26.7 Å². The van der Waals surface area contributed by atoms with E-state index in [4.69, 9.17) is 21.9 Å². The predicted octanol–water partition coefficient (Wildman–Crippen LogP) is 4.03. The average molecular weight is 398 g/mol. The smallest absolute Gasteiger partial charge is 0.261 e. The van der Waals surface area contributed by atoms with Gasteiger partial charge in [0.2, 0.25) is 0 Å². The fraction of sp³-hybridized carbons (Fsp3) is 0.278. The van der Waals surface area contributed by atoms with Crippen molar-refractivity contribution in [3.63, 3.8) is 0 Å². The summed E-state index contributed by atoms with van der Waals surface area (Å²) in [5, 5.41) is 3.70. The summed E-state index contributed by atoms with van der Waals surface area (Å²) < 4.78 is 25.9. The quantitative estimate of drug-likeness (QED) is 0.410. The van der Waals surface area contributed by atoms with Crippen molar-refractivity contribution >= 4 is 39.1 Å². The predicted molar refractivity (Wildman–Crippen MR) is 109 cm³/mol. The molecule has 26 heavy (non-hydrogen) atoms. The second kappa shape index (κ2) is 10.2. The van der Waals surface area contributed by atoms with Crippen LogP contribution < -0.4 is 11.1 Å². The van der Waals surface area contributed by atoms with Gasteiger partial charge in [-0.3, -0.25) is 4.55 Å². The molecule has 2 rings (SSSR count). The molecule has 0 radical (unpaired) electrons. The fourth-order valence-corrected chi connectivity index (χ4v) is 2.20. The summed E-state index contributed by atoms with van der Waals surface area (Å²) in [5.41, 5.74) is 10.0. The average Bonchev–Trinajstić information content (AvgIpc) is 2.55. The summed E-state index contributed by atoms with van der Waals surface area (Å²) in [6.07, 6.45) is 2.63. The third kappa shape index (κ3) is 8.84. The zero-order valence-corrected chi connectivity index (χ0v) is 16.6. The van der Waals surface area contributed by atoms with E-state index in [1.165, 1.54) is 11.1 Å². The molecule has 6 nitrogen and oxygen atoms in total. The third-order valence-electron chi connectivity index (χ3n) is 3.27. The Kier molecular flexibility index (Phi) is 8.57. The summed E-state index contributed by atoms with van der Waals surface area (Å²) in [7, 11) is -3.67. The number of nitrogens with one attached hydrogen (secondary N) is 1. The van der Waals surface area contributed by atoms with E-state index >= 15 is 0 Å². The van der Waals surface area contributed by atoms with E-state index in [2.05, 4.69) is 36.3 Å². The van der Waals surface area contributed by atoms with Gasteiger partial charge in [0.05, 0.1) is 17.0 Å². The van der Waals surface area contributed by atoms with Crippen molar-refractivity contribution in [1.29, 1.82) is 0 Å². The molecule has 2 aromatic carbocycles. The highest BCUT2D eigenvalue weighted by molar-refractivity contribution is 7.85. The molecule has 0 saturated carbocycles. The molecule has 0 aromatic heterocycles. The maximum absolute atomic E-state index is 9.19. The van der Waals surface area contributed by atoms with Crippen LogP contribution in [0.15, 0.2) is 47.5 Å². The van der Waals surface area contributed by atoms with E-state index in [1.54, 1.807) is 0 Å². The minimum absolute atomic E-state index is 0.332. The standard InChI is InChI=1S/C17H20ClN3.CH4O3S/c1-3-12-6-5-7-14(10-12)20-17(19)21-16-11-13(4-2)8-9-15(16)18;1-5(2,3)4/h5-11H,3-4H2,1-2H3,(H3,19,20,21);1H3,(H,2,3,4).